The molecule has 0 saturated heterocycles. The van der Waals surface area contributed by atoms with Gasteiger partial charge in [0.05, 0.1) is 0 Å². The van der Waals surface area contributed by atoms with Crippen LogP contribution in [0.1, 0.15) is 0 Å². The van der Waals surface area contributed by atoms with E-state index in [4.69, 9.17) is 4.42 Å². The molecule has 0 radical (unpaired) electrons. The summed E-state index contributed by atoms with van der Waals surface area (Å²) in [5.41, 5.74) is 1.55. The molecule has 0 aliphatic heterocycles. The van der Waals surface area contributed by atoms with Gasteiger partial charge in [-0.2, -0.15) is 0 Å². The Morgan fingerprint density at radius 2 is 1.68 bits per heavy atom. The molecule has 0 unspecified atom stereocenters. The first kappa shape index (κ1) is 11.2. The lowest BCUT2D eigenvalue weighted by atomic mass is 10.2. The number of benzene rings is 1. The molecular weight excluding hydrogens is 246 g/mol. The Kier molecular flexibility index (Phi) is 2.60. The fourth-order valence-corrected chi connectivity index (χ4v) is 1.71. The molecule has 0 saturated carbocycles. The zero-order chi connectivity index (χ0) is 13.2. The zero-order valence-electron chi connectivity index (χ0n) is 9.74. The van der Waals surface area contributed by atoms with Crippen molar-refractivity contribution in [3.63, 3.8) is 0 Å². The summed E-state index contributed by atoms with van der Waals surface area (Å²) in [7, 11) is 0. The third-order valence-corrected chi connectivity index (χ3v) is 2.65. The Balaban J connectivity index is 1.96. The van der Waals surface area contributed by atoms with Crippen LogP contribution in [0.15, 0.2) is 62.8 Å². The quantitative estimate of drug-likeness (QED) is 0.745. The summed E-state index contributed by atoms with van der Waals surface area (Å²) in [5.74, 6) is -0.337. The van der Waals surface area contributed by atoms with E-state index in [1.54, 1.807) is 24.5 Å². The Bertz CT molecular complexity index is 791. The third kappa shape index (κ3) is 2.23. The summed E-state index contributed by atoms with van der Waals surface area (Å²) in [4.78, 5) is 21.9. The molecule has 0 aliphatic rings. The van der Waals surface area contributed by atoms with Crippen LogP contribution in [0.3, 0.4) is 0 Å². The highest BCUT2D eigenvalue weighted by atomic mass is 16.4. The normalized spacial score (nSPS) is 10.5. The van der Waals surface area contributed by atoms with E-state index in [9.17, 15) is 9.59 Å². The van der Waals surface area contributed by atoms with Gasteiger partial charge in [0.25, 0.3) is 0 Å². The van der Waals surface area contributed by atoms with E-state index >= 15 is 0 Å². The molecule has 19 heavy (non-hydrogen) atoms. The van der Waals surface area contributed by atoms with Crippen molar-refractivity contribution in [2.75, 3.05) is 0 Å². The number of nitrogens with zero attached hydrogens (tertiary/aromatic N) is 2. The lowest BCUT2D eigenvalue weighted by Gasteiger charge is -2.05. The highest BCUT2D eigenvalue weighted by Gasteiger charge is 2.04. The fraction of sp³-hybridized carbons (Fsp3) is 0. The van der Waals surface area contributed by atoms with Gasteiger partial charge in [0, 0.05) is 35.8 Å². The van der Waals surface area contributed by atoms with Gasteiger partial charge in [-0.05, 0) is 24.3 Å². The van der Waals surface area contributed by atoms with Gasteiger partial charge >= 0.3 is 5.76 Å². The number of aromatic nitrogens is 3. The minimum atomic E-state index is -0.584. The topological polar surface area (TPSA) is 80.9 Å². The van der Waals surface area contributed by atoms with Crippen molar-refractivity contribution >= 4 is 0 Å². The SMILES string of the molecule is O=c1ccn(-c2ccc(-c3n[nH]c(=O)o3)cc2)cc1. The maximum Gasteiger partial charge on any atom is 0.434 e. The smallest absolute Gasteiger partial charge is 0.388 e. The van der Waals surface area contributed by atoms with Gasteiger partial charge in [0.1, 0.15) is 0 Å². The van der Waals surface area contributed by atoms with Crippen LogP contribution < -0.4 is 11.2 Å². The van der Waals surface area contributed by atoms with Crippen LogP contribution in [0, 0.1) is 0 Å². The maximum atomic E-state index is 11.0. The average molecular weight is 255 g/mol. The van der Waals surface area contributed by atoms with Crippen molar-refractivity contribution in [1.82, 2.24) is 14.8 Å². The van der Waals surface area contributed by atoms with E-state index < -0.39 is 5.76 Å². The van der Waals surface area contributed by atoms with Gasteiger partial charge in [0.2, 0.25) is 5.89 Å². The number of nitrogens with one attached hydrogen (secondary N) is 1. The number of H-pyrrole nitrogens is 1. The predicted molar refractivity (Wildman–Crippen MR) is 68.2 cm³/mol. The summed E-state index contributed by atoms with van der Waals surface area (Å²) in [6.07, 6.45) is 3.37. The lowest BCUT2D eigenvalue weighted by molar-refractivity contribution is 0.527. The zero-order valence-corrected chi connectivity index (χ0v) is 9.74. The van der Waals surface area contributed by atoms with E-state index in [0.717, 1.165) is 5.69 Å². The molecule has 3 aromatic rings. The molecule has 2 aromatic heterocycles. The highest BCUT2D eigenvalue weighted by Crippen LogP contribution is 2.17. The highest BCUT2D eigenvalue weighted by molar-refractivity contribution is 5.55. The molecule has 0 amide bonds. The summed E-state index contributed by atoms with van der Waals surface area (Å²) in [6.45, 7) is 0. The first-order chi connectivity index (χ1) is 9.22. The van der Waals surface area contributed by atoms with Crippen LogP contribution >= 0.6 is 0 Å². The summed E-state index contributed by atoms with van der Waals surface area (Å²) in [5, 5.41) is 5.96. The van der Waals surface area contributed by atoms with Crippen molar-refractivity contribution in [1.29, 1.82) is 0 Å². The van der Waals surface area contributed by atoms with Gasteiger partial charge in [-0.15, -0.1) is 5.10 Å². The van der Waals surface area contributed by atoms with Crippen LogP contribution in [0.5, 0.6) is 0 Å². The van der Waals surface area contributed by atoms with Gasteiger partial charge < -0.3 is 8.98 Å². The largest absolute Gasteiger partial charge is 0.434 e. The summed E-state index contributed by atoms with van der Waals surface area (Å²) >= 11 is 0. The number of rotatable bonds is 2. The van der Waals surface area contributed by atoms with Crippen molar-refractivity contribution in [3.8, 4) is 17.1 Å². The summed E-state index contributed by atoms with van der Waals surface area (Å²) < 4.78 is 6.67. The van der Waals surface area contributed by atoms with Crippen molar-refractivity contribution < 1.29 is 4.42 Å². The predicted octanol–water partition coefficient (Wildman–Crippen LogP) is 1.18. The van der Waals surface area contributed by atoms with Crippen LogP contribution in [0.25, 0.3) is 17.1 Å². The van der Waals surface area contributed by atoms with E-state index in [-0.39, 0.29) is 11.3 Å². The Hall–Kier alpha value is -2.89. The molecule has 1 aromatic carbocycles. The Morgan fingerprint density at radius 3 is 2.26 bits per heavy atom. The van der Waals surface area contributed by atoms with Crippen LogP contribution in [0.2, 0.25) is 0 Å². The van der Waals surface area contributed by atoms with Gasteiger partial charge in [-0.1, -0.05) is 0 Å². The molecule has 6 heteroatoms. The third-order valence-electron chi connectivity index (χ3n) is 2.65. The van der Waals surface area contributed by atoms with E-state index in [1.165, 1.54) is 12.1 Å². The van der Waals surface area contributed by atoms with Crippen LogP contribution in [-0.2, 0) is 0 Å². The molecule has 1 N–H and O–H groups in total. The van der Waals surface area contributed by atoms with Crippen LogP contribution in [-0.4, -0.2) is 14.8 Å². The molecule has 0 atom stereocenters. The first-order valence-corrected chi connectivity index (χ1v) is 5.57. The molecule has 2 heterocycles. The van der Waals surface area contributed by atoms with E-state index in [2.05, 4.69) is 10.2 Å². The number of pyridine rings is 1. The van der Waals surface area contributed by atoms with Gasteiger partial charge in [-0.25, -0.2) is 9.89 Å². The minimum absolute atomic E-state index is 0.0360. The molecule has 94 valence electrons. The lowest BCUT2D eigenvalue weighted by Crippen LogP contribution is -2.01. The summed E-state index contributed by atoms with van der Waals surface area (Å²) in [6, 6.07) is 10.2. The van der Waals surface area contributed by atoms with E-state index in [1.807, 2.05) is 16.7 Å². The molecular formula is C13H9N3O3. The average Bonchev–Trinajstić information content (AvgIpc) is 2.87. The second-order valence-corrected chi connectivity index (χ2v) is 3.91. The van der Waals surface area contributed by atoms with E-state index in [0.29, 0.717) is 5.56 Å². The molecule has 0 spiro atoms. The van der Waals surface area contributed by atoms with Gasteiger partial charge in [-0.3, -0.25) is 4.79 Å². The van der Waals surface area contributed by atoms with Gasteiger partial charge in [0.15, 0.2) is 5.43 Å². The minimum Gasteiger partial charge on any atom is -0.388 e. The maximum absolute atomic E-state index is 11.0. The molecule has 0 bridgehead atoms. The standard InChI is InChI=1S/C13H9N3O3/c17-11-5-7-16(8-6-11)10-3-1-9(2-4-10)12-14-15-13(18)19-12/h1-8H,(H,15,18). The molecule has 6 nitrogen and oxygen atoms in total. The second kappa shape index (κ2) is 4.41. The first-order valence-electron chi connectivity index (χ1n) is 5.57. The Morgan fingerprint density at radius 1 is 1.00 bits per heavy atom. The number of aromatic amines is 1. The fourth-order valence-electron chi connectivity index (χ4n) is 1.71. The molecule has 0 aliphatic carbocycles. The Labute approximate surface area is 107 Å². The second-order valence-electron chi connectivity index (χ2n) is 3.91. The van der Waals surface area contributed by atoms with Crippen molar-refractivity contribution in [2.24, 2.45) is 0 Å². The number of hydrogen-bond donors (Lipinski definition) is 1. The van der Waals surface area contributed by atoms with Crippen molar-refractivity contribution in [2.45, 2.75) is 0 Å². The monoisotopic (exact) mass is 255 g/mol. The number of hydrogen-bond acceptors (Lipinski definition) is 4. The molecule has 3 rings (SSSR count). The molecule has 0 fully saturated rings. The van der Waals surface area contributed by atoms with Crippen molar-refractivity contribution in [3.05, 3.63) is 69.6 Å². The van der Waals surface area contributed by atoms with Crippen LogP contribution in [0.4, 0.5) is 0 Å².